The van der Waals surface area contributed by atoms with Crippen LogP contribution in [0, 0.1) is 0 Å². The second-order valence-corrected chi connectivity index (χ2v) is 8.48. The van der Waals surface area contributed by atoms with Crippen molar-refractivity contribution in [2.75, 3.05) is 52.5 Å². The Labute approximate surface area is 195 Å². The van der Waals surface area contributed by atoms with E-state index in [0.29, 0.717) is 18.2 Å². The quantitative estimate of drug-likeness (QED) is 0.315. The van der Waals surface area contributed by atoms with Crippen LogP contribution in [0.4, 0.5) is 0 Å². The Morgan fingerprint density at radius 2 is 1.83 bits per heavy atom. The molecule has 3 heterocycles. The molecule has 0 aromatic heterocycles. The van der Waals surface area contributed by atoms with E-state index in [-0.39, 0.29) is 24.0 Å². The fourth-order valence-corrected chi connectivity index (χ4v) is 4.72. The maximum Gasteiger partial charge on any atom is 0.193 e. The summed E-state index contributed by atoms with van der Waals surface area (Å²) in [5, 5.41) is 3.52. The highest BCUT2D eigenvalue weighted by molar-refractivity contribution is 14.0. The number of halogens is 1. The summed E-state index contributed by atoms with van der Waals surface area (Å²) in [5.41, 5.74) is 0. The van der Waals surface area contributed by atoms with Crippen molar-refractivity contribution in [3.8, 4) is 0 Å². The number of nitrogens with one attached hydrogen (secondary N) is 1. The van der Waals surface area contributed by atoms with Gasteiger partial charge in [-0.2, -0.15) is 0 Å². The van der Waals surface area contributed by atoms with Crippen LogP contribution in [0.3, 0.4) is 0 Å². The number of piperidine rings is 2. The van der Waals surface area contributed by atoms with Gasteiger partial charge in [0.25, 0.3) is 0 Å². The summed E-state index contributed by atoms with van der Waals surface area (Å²) < 4.78 is 12.0. The standard InChI is InChI=1S/C22H42N4O2.HI/c1-3-23-22(24-17-19-9-5-7-13-25(19)4-2)26-14-11-20(12-15-26)28-18-21-10-6-8-16-27-21;/h19-21H,3-18H2,1-2H3,(H,23,24);1H. The highest BCUT2D eigenvalue weighted by Crippen LogP contribution is 2.19. The summed E-state index contributed by atoms with van der Waals surface area (Å²) in [6, 6.07) is 0.615. The molecular formula is C22H43IN4O2. The van der Waals surface area contributed by atoms with E-state index in [9.17, 15) is 0 Å². The van der Waals surface area contributed by atoms with Gasteiger partial charge in [0.2, 0.25) is 0 Å². The largest absolute Gasteiger partial charge is 0.376 e. The van der Waals surface area contributed by atoms with Gasteiger partial charge in [-0.25, -0.2) is 0 Å². The van der Waals surface area contributed by atoms with E-state index in [2.05, 4.69) is 29.0 Å². The number of guanidine groups is 1. The molecule has 0 radical (unpaired) electrons. The summed E-state index contributed by atoms with van der Waals surface area (Å²) in [5.74, 6) is 1.10. The van der Waals surface area contributed by atoms with Gasteiger partial charge in [-0.15, -0.1) is 24.0 Å². The minimum absolute atomic E-state index is 0. The third kappa shape index (κ3) is 8.15. The monoisotopic (exact) mass is 522 g/mol. The van der Waals surface area contributed by atoms with Crippen LogP contribution in [-0.4, -0.2) is 86.5 Å². The summed E-state index contributed by atoms with van der Waals surface area (Å²) >= 11 is 0. The molecule has 3 rings (SSSR count). The summed E-state index contributed by atoms with van der Waals surface area (Å²) in [6.07, 6.45) is 10.5. The molecule has 3 aliphatic rings. The van der Waals surface area contributed by atoms with E-state index in [4.69, 9.17) is 14.5 Å². The zero-order valence-electron chi connectivity index (χ0n) is 18.6. The van der Waals surface area contributed by atoms with Crippen molar-refractivity contribution >= 4 is 29.9 Å². The molecule has 0 saturated carbocycles. The van der Waals surface area contributed by atoms with Gasteiger partial charge in [0.05, 0.1) is 25.4 Å². The molecule has 29 heavy (non-hydrogen) atoms. The highest BCUT2D eigenvalue weighted by atomic mass is 127. The van der Waals surface area contributed by atoms with Crippen LogP contribution in [-0.2, 0) is 9.47 Å². The normalized spacial score (nSPS) is 27.5. The Bertz CT molecular complexity index is 466. The van der Waals surface area contributed by atoms with Crippen LogP contribution in [0.2, 0.25) is 0 Å². The van der Waals surface area contributed by atoms with Crippen molar-refractivity contribution in [1.29, 1.82) is 0 Å². The first-order valence-electron chi connectivity index (χ1n) is 11.8. The summed E-state index contributed by atoms with van der Waals surface area (Å²) in [4.78, 5) is 10.1. The summed E-state index contributed by atoms with van der Waals surface area (Å²) in [7, 11) is 0. The fourth-order valence-electron chi connectivity index (χ4n) is 4.72. The lowest BCUT2D eigenvalue weighted by Gasteiger charge is -2.36. The minimum atomic E-state index is 0. The van der Waals surface area contributed by atoms with Crippen LogP contribution < -0.4 is 5.32 Å². The lowest BCUT2D eigenvalue weighted by atomic mass is 10.0. The molecule has 0 amide bonds. The number of aliphatic imine (C=N–C) groups is 1. The molecule has 1 N–H and O–H groups in total. The van der Waals surface area contributed by atoms with E-state index in [1.807, 2.05) is 0 Å². The van der Waals surface area contributed by atoms with Crippen molar-refractivity contribution < 1.29 is 9.47 Å². The van der Waals surface area contributed by atoms with Crippen molar-refractivity contribution in [1.82, 2.24) is 15.1 Å². The van der Waals surface area contributed by atoms with Crippen LogP contribution in [0.1, 0.15) is 65.2 Å². The third-order valence-electron chi connectivity index (χ3n) is 6.48. The molecule has 6 nitrogen and oxygen atoms in total. The molecule has 3 aliphatic heterocycles. The molecule has 3 saturated heterocycles. The molecule has 0 aromatic rings. The first kappa shape index (κ1) is 25.1. The smallest absolute Gasteiger partial charge is 0.193 e. The molecule has 3 fully saturated rings. The number of nitrogens with zero attached hydrogens (tertiary/aromatic N) is 3. The number of hydrogen-bond acceptors (Lipinski definition) is 4. The van der Waals surface area contributed by atoms with E-state index in [1.54, 1.807) is 0 Å². The minimum Gasteiger partial charge on any atom is -0.376 e. The maximum absolute atomic E-state index is 6.18. The lowest BCUT2D eigenvalue weighted by molar-refractivity contribution is -0.0721. The maximum atomic E-state index is 6.18. The number of likely N-dealkylation sites (tertiary alicyclic amines) is 2. The zero-order chi connectivity index (χ0) is 19.6. The molecule has 170 valence electrons. The molecule has 7 heteroatoms. The van der Waals surface area contributed by atoms with Gasteiger partial charge in [0.15, 0.2) is 5.96 Å². The highest BCUT2D eigenvalue weighted by Gasteiger charge is 2.25. The van der Waals surface area contributed by atoms with Crippen LogP contribution in [0.15, 0.2) is 4.99 Å². The molecule has 0 bridgehead atoms. The van der Waals surface area contributed by atoms with Crippen molar-refractivity contribution in [3.05, 3.63) is 0 Å². The van der Waals surface area contributed by atoms with E-state index >= 15 is 0 Å². The second-order valence-electron chi connectivity index (χ2n) is 8.48. The molecule has 0 aromatic carbocycles. The van der Waals surface area contributed by atoms with Gasteiger partial charge in [0, 0.05) is 32.3 Å². The topological polar surface area (TPSA) is 49.3 Å². The Morgan fingerprint density at radius 1 is 1.03 bits per heavy atom. The molecule has 2 unspecified atom stereocenters. The first-order chi connectivity index (χ1) is 13.8. The molecule has 0 spiro atoms. The third-order valence-corrected chi connectivity index (χ3v) is 6.48. The number of likely N-dealkylation sites (N-methyl/N-ethyl adjacent to an activating group) is 1. The average molecular weight is 523 g/mol. The zero-order valence-corrected chi connectivity index (χ0v) is 20.9. The first-order valence-corrected chi connectivity index (χ1v) is 11.8. The van der Waals surface area contributed by atoms with Gasteiger partial charge in [-0.3, -0.25) is 9.89 Å². The Balaban J connectivity index is 0.00000300. The molecule has 2 atom stereocenters. The molecular weight excluding hydrogens is 479 g/mol. The average Bonchev–Trinajstić information content (AvgIpc) is 2.76. The van der Waals surface area contributed by atoms with Gasteiger partial charge in [-0.05, 0) is 65.0 Å². The van der Waals surface area contributed by atoms with E-state index < -0.39 is 0 Å². The Morgan fingerprint density at radius 3 is 2.52 bits per heavy atom. The van der Waals surface area contributed by atoms with Crippen molar-refractivity contribution in [3.63, 3.8) is 0 Å². The Kier molecular flexibility index (Phi) is 12.2. The predicted octanol–water partition coefficient (Wildman–Crippen LogP) is 3.49. The van der Waals surface area contributed by atoms with E-state index in [1.165, 1.54) is 38.6 Å². The lowest BCUT2D eigenvalue weighted by Crippen LogP contribution is -2.48. The number of ether oxygens (including phenoxy) is 2. The van der Waals surface area contributed by atoms with E-state index in [0.717, 1.165) is 71.2 Å². The van der Waals surface area contributed by atoms with Gasteiger partial charge in [-0.1, -0.05) is 13.3 Å². The predicted molar refractivity (Wildman–Crippen MR) is 130 cm³/mol. The van der Waals surface area contributed by atoms with Crippen molar-refractivity contribution in [2.24, 2.45) is 4.99 Å². The SMILES string of the molecule is CCNC(=NCC1CCCCN1CC)N1CCC(OCC2CCCCO2)CC1.I. The second kappa shape index (κ2) is 14.0. The fraction of sp³-hybridized carbons (Fsp3) is 0.955. The van der Waals surface area contributed by atoms with Crippen molar-refractivity contribution in [2.45, 2.75) is 83.5 Å². The summed E-state index contributed by atoms with van der Waals surface area (Å²) in [6.45, 7) is 12.4. The van der Waals surface area contributed by atoms with Crippen LogP contribution >= 0.6 is 24.0 Å². The van der Waals surface area contributed by atoms with Gasteiger partial charge in [0.1, 0.15) is 0 Å². The van der Waals surface area contributed by atoms with Gasteiger partial charge < -0.3 is 19.7 Å². The van der Waals surface area contributed by atoms with Crippen LogP contribution in [0.25, 0.3) is 0 Å². The van der Waals surface area contributed by atoms with Crippen LogP contribution in [0.5, 0.6) is 0 Å². The molecule has 0 aliphatic carbocycles. The number of rotatable bonds is 7. The Hall–Kier alpha value is -0.120. The number of hydrogen-bond donors (Lipinski definition) is 1. The van der Waals surface area contributed by atoms with Gasteiger partial charge >= 0.3 is 0 Å².